The SMILES string of the molecule is O=C1CCC(=C2CCC2)S(=O)O1. The van der Waals surface area contributed by atoms with Gasteiger partial charge >= 0.3 is 5.97 Å². The quantitative estimate of drug-likeness (QED) is 0.574. The fourth-order valence-corrected chi connectivity index (χ4v) is 2.46. The summed E-state index contributed by atoms with van der Waals surface area (Å²) < 4.78 is 15.9. The first-order valence-corrected chi connectivity index (χ1v) is 5.18. The molecule has 0 spiro atoms. The molecule has 0 aromatic carbocycles. The minimum absolute atomic E-state index is 0.336. The standard InChI is InChI=1S/C8H10O3S/c9-8-5-4-7(12(10)11-8)6-2-1-3-6/h1-5H2. The lowest BCUT2D eigenvalue weighted by atomic mass is 9.91. The molecule has 0 amide bonds. The minimum atomic E-state index is -1.46. The van der Waals surface area contributed by atoms with Gasteiger partial charge in [-0.15, -0.1) is 0 Å². The van der Waals surface area contributed by atoms with Crippen molar-refractivity contribution in [1.29, 1.82) is 0 Å². The Balaban J connectivity index is 2.17. The maximum absolute atomic E-state index is 11.2. The van der Waals surface area contributed by atoms with Gasteiger partial charge in [-0.2, -0.15) is 0 Å². The van der Waals surface area contributed by atoms with Gasteiger partial charge in [0.15, 0.2) is 0 Å². The molecule has 3 nitrogen and oxygen atoms in total. The molecular weight excluding hydrogens is 176 g/mol. The molecule has 0 radical (unpaired) electrons. The van der Waals surface area contributed by atoms with Crippen molar-refractivity contribution < 1.29 is 13.2 Å². The van der Waals surface area contributed by atoms with Crippen LogP contribution in [0.3, 0.4) is 0 Å². The average molecular weight is 186 g/mol. The third-order valence-corrected chi connectivity index (χ3v) is 3.51. The van der Waals surface area contributed by atoms with Crippen LogP contribution in [-0.2, 0) is 20.1 Å². The maximum Gasteiger partial charge on any atom is 0.320 e. The van der Waals surface area contributed by atoms with Crippen LogP contribution in [0.1, 0.15) is 32.1 Å². The molecule has 1 atom stereocenters. The smallest absolute Gasteiger partial charge is 0.320 e. The van der Waals surface area contributed by atoms with Crippen LogP contribution in [0.4, 0.5) is 0 Å². The normalized spacial score (nSPS) is 29.7. The largest absolute Gasteiger partial charge is 0.361 e. The summed E-state index contributed by atoms with van der Waals surface area (Å²) in [5.41, 5.74) is 1.25. The van der Waals surface area contributed by atoms with E-state index in [-0.39, 0.29) is 5.97 Å². The lowest BCUT2D eigenvalue weighted by molar-refractivity contribution is -0.133. The summed E-state index contributed by atoms with van der Waals surface area (Å²) in [6.45, 7) is 0. The first-order valence-electron chi connectivity index (χ1n) is 4.11. The summed E-state index contributed by atoms with van der Waals surface area (Å²) >= 11 is -1.46. The lowest BCUT2D eigenvalue weighted by Gasteiger charge is -2.23. The molecule has 2 fully saturated rings. The summed E-state index contributed by atoms with van der Waals surface area (Å²) in [6.07, 6.45) is 4.30. The molecule has 1 heterocycles. The fourth-order valence-electron chi connectivity index (χ4n) is 1.40. The zero-order chi connectivity index (χ0) is 8.55. The van der Waals surface area contributed by atoms with Crippen molar-refractivity contribution in [3.05, 3.63) is 10.5 Å². The van der Waals surface area contributed by atoms with Gasteiger partial charge < -0.3 is 4.18 Å². The molecule has 1 saturated carbocycles. The highest BCUT2D eigenvalue weighted by Gasteiger charge is 2.26. The van der Waals surface area contributed by atoms with E-state index in [0.717, 1.165) is 17.7 Å². The number of allylic oxidation sites excluding steroid dienone is 2. The third kappa shape index (κ3) is 1.31. The van der Waals surface area contributed by atoms with Gasteiger partial charge in [-0.25, -0.2) is 4.21 Å². The van der Waals surface area contributed by atoms with Crippen LogP contribution in [-0.4, -0.2) is 10.2 Å². The zero-order valence-electron chi connectivity index (χ0n) is 6.67. The molecule has 12 heavy (non-hydrogen) atoms. The van der Waals surface area contributed by atoms with Crippen LogP contribution in [0.2, 0.25) is 0 Å². The summed E-state index contributed by atoms with van der Waals surface area (Å²) in [6, 6.07) is 0. The monoisotopic (exact) mass is 186 g/mol. The molecule has 1 aliphatic heterocycles. The van der Waals surface area contributed by atoms with E-state index in [9.17, 15) is 9.00 Å². The van der Waals surface area contributed by atoms with Gasteiger partial charge in [-0.1, -0.05) is 5.57 Å². The van der Waals surface area contributed by atoms with Crippen LogP contribution < -0.4 is 0 Å². The number of hydrogen-bond acceptors (Lipinski definition) is 3. The minimum Gasteiger partial charge on any atom is -0.361 e. The van der Waals surface area contributed by atoms with Crippen molar-refractivity contribution in [2.24, 2.45) is 0 Å². The molecular formula is C8H10O3S. The Hall–Kier alpha value is -0.640. The average Bonchev–Trinajstić information content (AvgIpc) is 1.91. The Morgan fingerprint density at radius 1 is 1.17 bits per heavy atom. The van der Waals surface area contributed by atoms with Crippen LogP contribution in [0.25, 0.3) is 0 Å². The van der Waals surface area contributed by atoms with Crippen molar-refractivity contribution in [2.45, 2.75) is 32.1 Å². The van der Waals surface area contributed by atoms with Gasteiger partial charge in [-0.05, 0) is 25.7 Å². The second-order valence-corrected chi connectivity index (χ2v) is 4.20. The van der Waals surface area contributed by atoms with E-state index in [1.807, 2.05) is 0 Å². The third-order valence-electron chi connectivity index (χ3n) is 2.28. The molecule has 0 N–H and O–H groups in total. The zero-order valence-corrected chi connectivity index (χ0v) is 7.49. The van der Waals surface area contributed by atoms with Crippen LogP contribution in [0, 0.1) is 0 Å². The summed E-state index contributed by atoms with van der Waals surface area (Å²) in [7, 11) is 0. The van der Waals surface area contributed by atoms with Crippen molar-refractivity contribution in [2.75, 3.05) is 0 Å². The molecule has 1 saturated heterocycles. The van der Waals surface area contributed by atoms with Crippen molar-refractivity contribution in [3.63, 3.8) is 0 Å². The molecule has 0 aromatic heterocycles. The summed E-state index contributed by atoms with van der Waals surface area (Å²) in [5.74, 6) is -0.336. The van der Waals surface area contributed by atoms with E-state index in [1.165, 1.54) is 12.0 Å². The molecule has 4 heteroatoms. The van der Waals surface area contributed by atoms with Gasteiger partial charge in [-0.3, -0.25) is 4.79 Å². The highest BCUT2D eigenvalue weighted by Crippen LogP contribution is 2.34. The van der Waals surface area contributed by atoms with Gasteiger partial charge in [0.1, 0.15) is 0 Å². The molecule has 66 valence electrons. The van der Waals surface area contributed by atoms with Gasteiger partial charge in [0, 0.05) is 0 Å². The van der Waals surface area contributed by atoms with Gasteiger partial charge in [0.05, 0.1) is 11.3 Å². The van der Waals surface area contributed by atoms with Crippen molar-refractivity contribution >= 4 is 17.0 Å². The predicted molar refractivity (Wildman–Crippen MR) is 44.3 cm³/mol. The Bertz CT molecular complexity index is 274. The summed E-state index contributed by atoms with van der Waals surface area (Å²) in [4.78, 5) is 11.6. The highest BCUT2D eigenvalue weighted by molar-refractivity contribution is 7.84. The van der Waals surface area contributed by atoms with E-state index in [4.69, 9.17) is 0 Å². The second-order valence-electron chi connectivity index (χ2n) is 3.07. The Morgan fingerprint density at radius 3 is 2.42 bits per heavy atom. The van der Waals surface area contributed by atoms with Gasteiger partial charge in [0.2, 0.25) is 11.1 Å². The van der Waals surface area contributed by atoms with Gasteiger partial charge in [0.25, 0.3) is 0 Å². The van der Waals surface area contributed by atoms with Crippen LogP contribution >= 0.6 is 0 Å². The number of rotatable bonds is 0. The lowest BCUT2D eigenvalue weighted by Crippen LogP contribution is -2.18. The number of carbonyl (C=O) groups excluding carboxylic acids is 1. The Kier molecular flexibility index (Phi) is 2.00. The van der Waals surface area contributed by atoms with E-state index in [2.05, 4.69) is 4.18 Å². The molecule has 1 unspecified atom stereocenters. The Morgan fingerprint density at radius 2 is 1.92 bits per heavy atom. The highest BCUT2D eigenvalue weighted by atomic mass is 32.2. The first kappa shape index (κ1) is 7.98. The maximum atomic E-state index is 11.2. The first-order chi connectivity index (χ1) is 5.77. The van der Waals surface area contributed by atoms with E-state index < -0.39 is 11.1 Å². The molecule has 2 aliphatic rings. The second kappa shape index (κ2) is 3.01. The Labute approximate surface area is 73.5 Å². The molecule has 0 bridgehead atoms. The number of carbonyl (C=O) groups is 1. The topological polar surface area (TPSA) is 43.4 Å². The molecule has 1 aliphatic carbocycles. The van der Waals surface area contributed by atoms with Crippen LogP contribution in [0.5, 0.6) is 0 Å². The van der Waals surface area contributed by atoms with E-state index >= 15 is 0 Å². The van der Waals surface area contributed by atoms with Crippen molar-refractivity contribution in [3.8, 4) is 0 Å². The van der Waals surface area contributed by atoms with Crippen LogP contribution in [0.15, 0.2) is 10.5 Å². The van der Waals surface area contributed by atoms with E-state index in [1.54, 1.807) is 0 Å². The molecule has 2 rings (SSSR count). The molecule has 0 aromatic rings. The van der Waals surface area contributed by atoms with E-state index in [0.29, 0.717) is 12.8 Å². The fraction of sp³-hybridized carbons (Fsp3) is 0.625. The van der Waals surface area contributed by atoms with Crippen molar-refractivity contribution in [1.82, 2.24) is 0 Å². The number of hydrogen-bond donors (Lipinski definition) is 0. The predicted octanol–water partition coefficient (Wildman–Crippen LogP) is 1.43. The summed E-state index contributed by atoms with van der Waals surface area (Å²) in [5, 5.41) is 0.